The molecule has 6 heteroatoms. The number of nitrogens with zero attached hydrogens (tertiary/aromatic N) is 2. The number of amides is 1. The third kappa shape index (κ3) is 6.80. The summed E-state index contributed by atoms with van der Waals surface area (Å²) in [6.07, 6.45) is 6.43. The summed E-state index contributed by atoms with van der Waals surface area (Å²) in [5.41, 5.74) is 3.06. The third-order valence-electron chi connectivity index (χ3n) is 6.21. The van der Waals surface area contributed by atoms with E-state index in [2.05, 4.69) is 15.2 Å². The van der Waals surface area contributed by atoms with Crippen LogP contribution in [0.4, 0.5) is 0 Å². The molecule has 1 N–H and O–H groups in total. The van der Waals surface area contributed by atoms with E-state index in [0.717, 1.165) is 42.8 Å². The average Bonchev–Trinajstić information content (AvgIpc) is 2.83. The fraction of sp³-hybridized carbons (Fsp3) is 0.333. The number of halogens is 2. The van der Waals surface area contributed by atoms with Crippen LogP contribution in [0.5, 0.6) is 0 Å². The lowest BCUT2D eigenvalue weighted by molar-refractivity contribution is -0.121. The molecule has 33 heavy (non-hydrogen) atoms. The van der Waals surface area contributed by atoms with Crippen LogP contribution in [0.15, 0.2) is 72.9 Å². The number of carbonyl (C=O) groups excluding carboxylic acids is 1. The summed E-state index contributed by atoms with van der Waals surface area (Å²) < 4.78 is 0. The number of piperidine rings is 1. The van der Waals surface area contributed by atoms with Crippen molar-refractivity contribution in [1.82, 2.24) is 15.2 Å². The highest BCUT2D eigenvalue weighted by atomic mass is 35.5. The first-order valence-electron chi connectivity index (χ1n) is 11.5. The molecule has 1 fully saturated rings. The molecule has 0 bridgehead atoms. The zero-order chi connectivity index (χ0) is 23.0. The maximum absolute atomic E-state index is 12.9. The molecule has 0 spiro atoms. The van der Waals surface area contributed by atoms with Gasteiger partial charge in [0.1, 0.15) is 0 Å². The monoisotopic (exact) mass is 481 g/mol. The Morgan fingerprint density at radius 1 is 1.00 bits per heavy atom. The van der Waals surface area contributed by atoms with E-state index < -0.39 is 0 Å². The van der Waals surface area contributed by atoms with Crippen molar-refractivity contribution in [3.63, 3.8) is 0 Å². The topological polar surface area (TPSA) is 45.2 Å². The van der Waals surface area contributed by atoms with E-state index in [1.54, 1.807) is 6.20 Å². The Labute approximate surface area is 205 Å². The number of rotatable bonds is 8. The number of benzene rings is 2. The van der Waals surface area contributed by atoms with Gasteiger partial charge >= 0.3 is 0 Å². The van der Waals surface area contributed by atoms with Gasteiger partial charge in [-0.3, -0.25) is 14.7 Å². The van der Waals surface area contributed by atoms with Gasteiger partial charge in [-0.2, -0.15) is 0 Å². The molecule has 2 atom stereocenters. The summed E-state index contributed by atoms with van der Waals surface area (Å²) in [7, 11) is 0. The summed E-state index contributed by atoms with van der Waals surface area (Å²) in [6, 6.07) is 21.8. The third-order valence-corrected chi connectivity index (χ3v) is 6.95. The molecular formula is C27H29Cl2N3O. The van der Waals surface area contributed by atoms with Crippen LogP contribution in [0.3, 0.4) is 0 Å². The van der Waals surface area contributed by atoms with Crippen molar-refractivity contribution in [2.75, 3.05) is 6.54 Å². The van der Waals surface area contributed by atoms with Crippen LogP contribution in [0, 0.1) is 0 Å². The lowest BCUT2D eigenvalue weighted by atomic mass is 9.93. The van der Waals surface area contributed by atoms with Crippen molar-refractivity contribution in [3.05, 3.63) is 99.8 Å². The number of hydrogen-bond acceptors (Lipinski definition) is 3. The van der Waals surface area contributed by atoms with E-state index in [1.807, 2.05) is 66.7 Å². The van der Waals surface area contributed by atoms with E-state index in [1.165, 1.54) is 12.8 Å². The molecule has 2 heterocycles. The van der Waals surface area contributed by atoms with Gasteiger partial charge in [-0.15, -0.1) is 0 Å². The van der Waals surface area contributed by atoms with Crippen molar-refractivity contribution in [2.24, 2.45) is 0 Å². The highest BCUT2D eigenvalue weighted by Gasteiger charge is 2.28. The summed E-state index contributed by atoms with van der Waals surface area (Å²) in [4.78, 5) is 20.0. The Morgan fingerprint density at radius 2 is 1.82 bits per heavy atom. The highest BCUT2D eigenvalue weighted by molar-refractivity contribution is 6.42. The summed E-state index contributed by atoms with van der Waals surface area (Å²) in [5, 5.41) is 4.42. The molecule has 4 nitrogen and oxygen atoms in total. The van der Waals surface area contributed by atoms with Crippen molar-refractivity contribution in [1.29, 1.82) is 0 Å². The zero-order valence-electron chi connectivity index (χ0n) is 18.6. The highest BCUT2D eigenvalue weighted by Crippen LogP contribution is 2.29. The lowest BCUT2D eigenvalue weighted by Gasteiger charge is -2.38. The second-order valence-electron chi connectivity index (χ2n) is 8.64. The maximum Gasteiger partial charge on any atom is 0.224 e. The molecule has 1 aliphatic rings. The van der Waals surface area contributed by atoms with Gasteiger partial charge in [0.25, 0.3) is 0 Å². The number of pyridine rings is 1. The molecule has 0 unspecified atom stereocenters. The summed E-state index contributed by atoms with van der Waals surface area (Å²) in [5.74, 6) is 0.0173. The molecule has 2 aromatic carbocycles. The van der Waals surface area contributed by atoms with Crippen LogP contribution in [0.2, 0.25) is 10.0 Å². The molecule has 1 saturated heterocycles. The van der Waals surface area contributed by atoms with Crippen LogP contribution in [-0.2, 0) is 17.8 Å². The zero-order valence-corrected chi connectivity index (χ0v) is 20.1. The van der Waals surface area contributed by atoms with Crippen molar-refractivity contribution >= 4 is 29.1 Å². The van der Waals surface area contributed by atoms with E-state index in [-0.39, 0.29) is 11.9 Å². The number of carbonyl (C=O) groups is 1. The Bertz CT molecular complexity index is 1050. The number of likely N-dealkylation sites (tertiary alicyclic amines) is 1. The fourth-order valence-corrected chi connectivity index (χ4v) is 4.86. The van der Waals surface area contributed by atoms with E-state index in [9.17, 15) is 4.79 Å². The predicted octanol–water partition coefficient (Wildman–Crippen LogP) is 6.23. The Balaban J connectivity index is 1.48. The van der Waals surface area contributed by atoms with Crippen LogP contribution in [0.1, 0.15) is 48.5 Å². The van der Waals surface area contributed by atoms with Gasteiger partial charge in [0, 0.05) is 18.8 Å². The van der Waals surface area contributed by atoms with E-state index in [0.29, 0.717) is 22.5 Å². The molecular weight excluding hydrogens is 453 g/mol. The molecule has 172 valence electrons. The molecule has 0 saturated carbocycles. The lowest BCUT2D eigenvalue weighted by Crippen LogP contribution is -2.42. The van der Waals surface area contributed by atoms with Gasteiger partial charge in [0.05, 0.1) is 28.2 Å². The van der Waals surface area contributed by atoms with Crippen LogP contribution in [0.25, 0.3) is 0 Å². The van der Waals surface area contributed by atoms with Gasteiger partial charge in [0.15, 0.2) is 0 Å². The maximum atomic E-state index is 12.9. The SMILES string of the molecule is O=C(Cc1ccccc1)N[C@@H](C[C@@H]1CCCCN1Cc1ccc(Cl)c(Cl)c1)c1ccccn1. The number of nitrogens with one attached hydrogen (secondary N) is 1. The molecule has 0 radical (unpaired) electrons. The minimum Gasteiger partial charge on any atom is -0.347 e. The molecule has 1 aromatic heterocycles. The smallest absolute Gasteiger partial charge is 0.224 e. The summed E-state index contributed by atoms with van der Waals surface area (Å²) in [6.45, 7) is 1.84. The number of hydrogen-bond donors (Lipinski definition) is 1. The molecule has 1 amide bonds. The molecule has 1 aliphatic heterocycles. The first-order valence-corrected chi connectivity index (χ1v) is 12.3. The number of aromatic nitrogens is 1. The van der Waals surface area contributed by atoms with Gasteiger partial charge in [0.2, 0.25) is 5.91 Å². The van der Waals surface area contributed by atoms with E-state index in [4.69, 9.17) is 23.2 Å². The minimum absolute atomic E-state index is 0.0173. The molecule has 4 rings (SSSR count). The molecule has 0 aliphatic carbocycles. The minimum atomic E-state index is -0.137. The van der Waals surface area contributed by atoms with Crippen molar-refractivity contribution < 1.29 is 4.79 Å². The summed E-state index contributed by atoms with van der Waals surface area (Å²) >= 11 is 12.4. The predicted molar refractivity (Wildman–Crippen MR) is 134 cm³/mol. The second kappa shape index (κ2) is 11.6. The van der Waals surface area contributed by atoms with Gasteiger partial charge in [-0.1, -0.05) is 72.1 Å². The van der Waals surface area contributed by atoms with Crippen molar-refractivity contribution in [2.45, 2.75) is 50.7 Å². The van der Waals surface area contributed by atoms with Gasteiger partial charge in [-0.25, -0.2) is 0 Å². The molecule has 3 aromatic rings. The normalized spacial score (nSPS) is 17.5. The quantitative estimate of drug-likeness (QED) is 0.414. The fourth-order valence-electron chi connectivity index (χ4n) is 4.54. The standard InChI is InChI=1S/C27H29Cl2N3O/c28-23-13-12-21(16-24(23)29)19-32-15-7-5-10-22(32)18-26(25-11-4-6-14-30-25)31-27(33)17-20-8-2-1-3-9-20/h1-4,6,8-9,11-14,16,22,26H,5,7,10,15,17-19H2,(H,31,33)/t22-,26-/m0/s1. The van der Waals surface area contributed by atoms with Crippen LogP contribution in [-0.4, -0.2) is 28.4 Å². The Hall–Kier alpha value is -2.40. The average molecular weight is 482 g/mol. The first-order chi connectivity index (χ1) is 16.1. The van der Waals surface area contributed by atoms with Crippen LogP contribution >= 0.6 is 23.2 Å². The van der Waals surface area contributed by atoms with Crippen LogP contribution < -0.4 is 5.32 Å². The Kier molecular flexibility index (Phi) is 8.38. The first kappa shape index (κ1) is 23.7. The largest absolute Gasteiger partial charge is 0.347 e. The second-order valence-corrected chi connectivity index (χ2v) is 9.46. The van der Waals surface area contributed by atoms with E-state index >= 15 is 0 Å². The van der Waals surface area contributed by atoms with Gasteiger partial charge in [-0.05, 0) is 61.2 Å². The van der Waals surface area contributed by atoms with Crippen molar-refractivity contribution in [3.8, 4) is 0 Å². The Morgan fingerprint density at radius 3 is 2.58 bits per heavy atom. The van der Waals surface area contributed by atoms with Gasteiger partial charge < -0.3 is 5.32 Å².